The number of nitrogens with zero attached hydrogens (tertiary/aromatic N) is 4. The Morgan fingerprint density at radius 3 is 2.65 bits per heavy atom. The van der Waals surface area contributed by atoms with E-state index in [0.717, 1.165) is 0 Å². The number of pyridine rings is 1. The Labute approximate surface area is 97.0 Å². The molecule has 0 aromatic carbocycles. The summed E-state index contributed by atoms with van der Waals surface area (Å²) in [5.41, 5.74) is 5.40. The SMILES string of the molecule is Nc1cc(S(=O)(=O)Nc2nccnn2)ccn1. The highest BCUT2D eigenvalue weighted by Gasteiger charge is 2.15. The Balaban J connectivity index is 2.32. The van der Waals surface area contributed by atoms with Crippen molar-refractivity contribution in [3.63, 3.8) is 0 Å². The van der Waals surface area contributed by atoms with Gasteiger partial charge in [0, 0.05) is 12.3 Å². The Bertz CT molecular complexity index is 615. The van der Waals surface area contributed by atoms with E-state index in [1.807, 2.05) is 0 Å². The maximum Gasteiger partial charge on any atom is 0.264 e. The quantitative estimate of drug-likeness (QED) is 0.764. The van der Waals surface area contributed by atoms with Gasteiger partial charge in [-0.25, -0.2) is 23.1 Å². The molecule has 17 heavy (non-hydrogen) atoms. The Kier molecular flexibility index (Phi) is 2.83. The molecular formula is C8H8N6O2S. The van der Waals surface area contributed by atoms with Crippen LogP contribution in [0.1, 0.15) is 0 Å². The molecular weight excluding hydrogens is 244 g/mol. The molecule has 2 heterocycles. The standard InChI is InChI=1S/C8H8N6O2S/c9-7-5-6(1-2-10-7)17(15,16)14-8-11-3-4-12-13-8/h1-5H,(H2,9,10)(H,11,13,14). The molecule has 0 saturated heterocycles. The van der Waals surface area contributed by atoms with Crippen molar-refractivity contribution in [2.24, 2.45) is 0 Å². The van der Waals surface area contributed by atoms with Crippen LogP contribution in [-0.4, -0.2) is 28.6 Å². The highest BCUT2D eigenvalue weighted by atomic mass is 32.2. The maximum absolute atomic E-state index is 11.9. The van der Waals surface area contributed by atoms with Gasteiger partial charge in [0.1, 0.15) is 5.82 Å². The second-order valence-corrected chi connectivity index (χ2v) is 4.67. The summed E-state index contributed by atoms with van der Waals surface area (Å²) in [6, 6.07) is 2.55. The molecule has 2 aromatic heterocycles. The van der Waals surface area contributed by atoms with Crippen LogP contribution in [0, 0.1) is 0 Å². The fraction of sp³-hybridized carbons (Fsp3) is 0. The van der Waals surface area contributed by atoms with Crippen molar-refractivity contribution in [2.45, 2.75) is 4.90 Å². The zero-order valence-corrected chi connectivity index (χ0v) is 9.29. The van der Waals surface area contributed by atoms with E-state index in [1.54, 1.807) is 0 Å². The molecule has 88 valence electrons. The summed E-state index contributed by atoms with van der Waals surface area (Å²) in [5, 5.41) is 7.02. The van der Waals surface area contributed by atoms with E-state index < -0.39 is 10.0 Å². The first kappa shape index (κ1) is 11.2. The number of nitrogens with two attached hydrogens (primary N) is 1. The number of aromatic nitrogens is 4. The summed E-state index contributed by atoms with van der Waals surface area (Å²) < 4.78 is 25.9. The highest BCUT2D eigenvalue weighted by molar-refractivity contribution is 7.92. The molecule has 0 spiro atoms. The fourth-order valence-electron chi connectivity index (χ4n) is 1.07. The summed E-state index contributed by atoms with van der Waals surface area (Å²) in [4.78, 5) is 7.39. The first-order valence-corrected chi connectivity index (χ1v) is 5.94. The molecule has 0 unspecified atom stereocenters. The summed E-state index contributed by atoms with van der Waals surface area (Å²) in [5.74, 6) is 0.00265. The summed E-state index contributed by atoms with van der Waals surface area (Å²) >= 11 is 0. The molecule has 0 aliphatic carbocycles. The number of nitrogen functional groups attached to an aromatic ring is 1. The monoisotopic (exact) mass is 252 g/mol. The fourth-order valence-corrected chi connectivity index (χ4v) is 2.04. The van der Waals surface area contributed by atoms with Gasteiger partial charge in [0.05, 0.1) is 17.3 Å². The van der Waals surface area contributed by atoms with E-state index in [2.05, 4.69) is 24.9 Å². The minimum absolute atomic E-state index is 0.0162. The van der Waals surface area contributed by atoms with Crippen LogP contribution in [0.2, 0.25) is 0 Å². The minimum atomic E-state index is -3.77. The van der Waals surface area contributed by atoms with E-state index in [-0.39, 0.29) is 16.7 Å². The van der Waals surface area contributed by atoms with Crippen molar-refractivity contribution in [2.75, 3.05) is 10.5 Å². The van der Waals surface area contributed by atoms with Gasteiger partial charge in [0.25, 0.3) is 16.0 Å². The third-order valence-electron chi connectivity index (χ3n) is 1.77. The van der Waals surface area contributed by atoms with Crippen molar-refractivity contribution in [1.82, 2.24) is 20.2 Å². The lowest BCUT2D eigenvalue weighted by Gasteiger charge is -2.05. The van der Waals surface area contributed by atoms with E-state index >= 15 is 0 Å². The molecule has 0 amide bonds. The summed E-state index contributed by atoms with van der Waals surface area (Å²) in [7, 11) is -3.77. The van der Waals surface area contributed by atoms with Gasteiger partial charge in [-0.1, -0.05) is 0 Å². The normalized spacial score (nSPS) is 11.1. The lowest BCUT2D eigenvalue weighted by Crippen LogP contribution is -2.15. The van der Waals surface area contributed by atoms with Crippen LogP contribution in [0.15, 0.2) is 35.6 Å². The molecule has 2 rings (SSSR count). The first-order valence-electron chi connectivity index (χ1n) is 4.46. The molecule has 0 fully saturated rings. The number of nitrogens with one attached hydrogen (secondary N) is 1. The maximum atomic E-state index is 11.9. The predicted octanol–water partition coefficient (Wildman–Crippen LogP) is -0.350. The van der Waals surface area contributed by atoms with Crippen molar-refractivity contribution < 1.29 is 8.42 Å². The number of hydrogen-bond acceptors (Lipinski definition) is 7. The molecule has 0 aliphatic rings. The molecule has 3 N–H and O–H groups in total. The van der Waals surface area contributed by atoms with Crippen molar-refractivity contribution in [1.29, 1.82) is 0 Å². The average molecular weight is 252 g/mol. The lowest BCUT2D eigenvalue weighted by atomic mass is 10.5. The molecule has 0 atom stereocenters. The molecule has 0 saturated carbocycles. The smallest absolute Gasteiger partial charge is 0.264 e. The lowest BCUT2D eigenvalue weighted by molar-refractivity contribution is 0.600. The Morgan fingerprint density at radius 2 is 2.00 bits per heavy atom. The molecule has 0 aliphatic heterocycles. The number of sulfonamides is 1. The molecule has 0 radical (unpaired) electrons. The van der Waals surface area contributed by atoms with Crippen LogP contribution in [0.25, 0.3) is 0 Å². The van der Waals surface area contributed by atoms with Gasteiger partial charge < -0.3 is 5.73 Å². The minimum Gasteiger partial charge on any atom is -0.384 e. The van der Waals surface area contributed by atoms with Crippen LogP contribution in [0.3, 0.4) is 0 Å². The average Bonchev–Trinajstić information content (AvgIpc) is 2.30. The number of anilines is 2. The van der Waals surface area contributed by atoms with Crippen molar-refractivity contribution in [3.05, 3.63) is 30.7 Å². The van der Waals surface area contributed by atoms with Gasteiger partial charge in [-0.2, -0.15) is 5.10 Å². The molecule has 8 nitrogen and oxygen atoms in total. The number of rotatable bonds is 3. The van der Waals surface area contributed by atoms with Crippen LogP contribution in [0.5, 0.6) is 0 Å². The summed E-state index contributed by atoms with van der Waals surface area (Å²) in [6.07, 6.45) is 3.96. The largest absolute Gasteiger partial charge is 0.384 e. The first-order chi connectivity index (χ1) is 8.08. The summed E-state index contributed by atoms with van der Waals surface area (Å²) in [6.45, 7) is 0. The molecule has 2 aromatic rings. The zero-order valence-electron chi connectivity index (χ0n) is 8.48. The van der Waals surface area contributed by atoms with Gasteiger partial charge in [-0.05, 0) is 6.07 Å². The molecule has 0 bridgehead atoms. The van der Waals surface area contributed by atoms with Gasteiger partial charge in [-0.3, -0.25) is 0 Å². The van der Waals surface area contributed by atoms with Crippen molar-refractivity contribution in [3.8, 4) is 0 Å². The van der Waals surface area contributed by atoms with Gasteiger partial charge in [0.2, 0.25) is 0 Å². The highest BCUT2D eigenvalue weighted by Crippen LogP contribution is 2.13. The molecule has 9 heteroatoms. The van der Waals surface area contributed by atoms with Crippen LogP contribution in [0.4, 0.5) is 11.8 Å². The second-order valence-electron chi connectivity index (χ2n) is 2.99. The predicted molar refractivity (Wildman–Crippen MR) is 59.3 cm³/mol. The third kappa shape index (κ3) is 2.64. The second kappa shape index (κ2) is 4.29. The van der Waals surface area contributed by atoms with Crippen LogP contribution in [-0.2, 0) is 10.0 Å². The van der Waals surface area contributed by atoms with E-state index in [9.17, 15) is 8.42 Å². The Morgan fingerprint density at radius 1 is 1.18 bits per heavy atom. The van der Waals surface area contributed by atoms with Gasteiger partial charge >= 0.3 is 0 Å². The van der Waals surface area contributed by atoms with Gasteiger partial charge in [0.15, 0.2) is 0 Å². The zero-order chi connectivity index (χ0) is 12.3. The van der Waals surface area contributed by atoms with E-state index in [0.29, 0.717) is 0 Å². The Hall–Kier alpha value is -2.29. The van der Waals surface area contributed by atoms with E-state index in [4.69, 9.17) is 5.73 Å². The van der Waals surface area contributed by atoms with Crippen molar-refractivity contribution >= 4 is 21.8 Å². The topological polar surface area (TPSA) is 124 Å². The number of hydrogen-bond donors (Lipinski definition) is 2. The third-order valence-corrected chi connectivity index (χ3v) is 3.10. The van der Waals surface area contributed by atoms with Crippen LogP contribution < -0.4 is 10.5 Å². The van der Waals surface area contributed by atoms with Gasteiger partial charge in [-0.15, -0.1) is 5.10 Å². The van der Waals surface area contributed by atoms with E-state index in [1.165, 1.54) is 30.7 Å². The van der Waals surface area contributed by atoms with Crippen LogP contribution >= 0.6 is 0 Å².